The molecule has 1 aromatic rings. The van der Waals surface area contributed by atoms with Crippen LogP contribution in [0.25, 0.3) is 0 Å². The summed E-state index contributed by atoms with van der Waals surface area (Å²) in [4.78, 5) is 23.1. The summed E-state index contributed by atoms with van der Waals surface area (Å²) in [6.45, 7) is 5.87. The van der Waals surface area contributed by atoms with Crippen molar-refractivity contribution in [1.82, 2.24) is 0 Å². The molecular weight excluding hydrogens is 414 g/mol. The van der Waals surface area contributed by atoms with Gasteiger partial charge in [0.1, 0.15) is 0 Å². The summed E-state index contributed by atoms with van der Waals surface area (Å²) in [5, 5.41) is 10.6. The summed E-state index contributed by atoms with van der Waals surface area (Å²) in [6.07, 6.45) is 6.13. The number of fused-ring (bicyclic) bond motifs is 5. The van der Waals surface area contributed by atoms with E-state index in [0.717, 1.165) is 50.5 Å². The zero-order chi connectivity index (χ0) is 22.4. The van der Waals surface area contributed by atoms with E-state index < -0.39 is 10.7 Å². The standard InChI is InChI=1S/C24H33NO5S/c1-23(2,31-25-28)13-22(27)30-20-11-14-5-6-16-15(17(14)12-19(20)29-4)9-10-24(3)18(16)7-8-21(24)26/h11-12,15-16,18,21,26H,5-10,13H2,1-4H3/t15-,16+,18-,21-,24-/m0/s1. The molecule has 2 fully saturated rings. The van der Waals surface area contributed by atoms with Crippen molar-refractivity contribution in [3.63, 3.8) is 0 Å². The number of aryl methyl sites for hydroxylation is 1. The lowest BCUT2D eigenvalue weighted by Gasteiger charge is -2.50. The summed E-state index contributed by atoms with van der Waals surface area (Å²) < 4.78 is 13.5. The van der Waals surface area contributed by atoms with E-state index in [1.165, 1.54) is 11.1 Å². The highest BCUT2D eigenvalue weighted by Gasteiger charge is 2.54. The van der Waals surface area contributed by atoms with E-state index in [0.29, 0.717) is 29.3 Å². The highest BCUT2D eigenvalue weighted by atomic mass is 32.2. The maximum atomic E-state index is 12.5. The van der Waals surface area contributed by atoms with Gasteiger partial charge in [0.2, 0.25) is 0 Å². The highest BCUT2D eigenvalue weighted by molar-refractivity contribution is 7.99. The molecule has 5 atom stereocenters. The van der Waals surface area contributed by atoms with Gasteiger partial charge in [0.25, 0.3) is 0 Å². The summed E-state index contributed by atoms with van der Waals surface area (Å²) >= 11 is 0.845. The van der Waals surface area contributed by atoms with E-state index >= 15 is 0 Å². The second-order valence-electron chi connectivity index (χ2n) is 10.3. The van der Waals surface area contributed by atoms with E-state index in [1.54, 1.807) is 21.0 Å². The first-order valence-corrected chi connectivity index (χ1v) is 12.1. The Morgan fingerprint density at radius 1 is 1.26 bits per heavy atom. The molecule has 3 aliphatic rings. The van der Waals surface area contributed by atoms with Gasteiger partial charge < -0.3 is 14.6 Å². The third-order valence-electron chi connectivity index (χ3n) is 8.04. The number of aliphatic hydroxyl groups is 1. The molecule has 0 amide bonds. The van der Waals surface area contributed by atoms with Crippen molar-refractivity contribution in [2.45, 2.75) is 82.5 Å². The Morgan fingerprint density at radius 2 is 2.03 bits per heavy atom. The summed E-state index contributed by atoms with van der Waals surface area (Å²) in [5.74, 6) is 2.26. The Morgan fingerprint density at radius 3 is 2.74 bits per heavy atom. The van der Waals surface area contributed by atoms with Crippen molar-refractivity contribution in [3.8, 4) is 11.5 Å². The zero-order valence-corrected chi connectivity index (χ0v) is 19.7. The van der Waals surface area contributed by atoms with E-state index in [9.17, 15) is 14.8 Å². The number of ether oxygens (including phenoxy) is 2. The fourth-order valence-electron chi connectivity index (χ4n) is 6.43. The second kappa shape index (κ2) is 8.39. The van der Waals surface area contributed by atoms with Crippen molar-refractivity contribution >= 4 is 17.9 Å². The third kappa shape index (κ3) is 4.11. The van der Waals surface area contributed by atoms with Crippen LogP contribution in [-0.2, 0) is 11.2 Å². The van der Waals surface area contributed by atoms with Crippen molar-refractivity contribution < 1.29 is 19.4 Å². The normalized spacial score (nSPS) is 31.9. The summed E-state index contributed by atoms with van der Waals surface area (Å²) in [5.41, 5.74) is 2.60. The zero-order valence-electron chi connectivity index (χ0n) is 18.8. The Bertz CT molecular complexity index is 872. The Balaban J connectivity index is 1.57. The number of carbonyl (C=O) groups is 1. The summed E-state index contributed by atoms with van der Waals surface area (Å²) in [6, 6.07) is 4.04. The van der Waals surface area contributed by atoms with E-state index in [-0.39, 0.29) is 17.9 Å². The molecule has 31 heavy (non-hydrogen) atoms. The number of benzene rings is 1. The van der Waals surface area contributed by atoms with E-state index in [1.807, 2.05) is 6.07 Å². The number of nitroso groups, excluding NO2 is 1. The van der Waals surface area contributed by atoms with Gasteiger partial charge in [0.15, 0.2) is 11.5 Å². The highest BCUT2D eigenvalue weighted by Crippen LogP contribution is 2.61. The number of carbonyl (C=O) groups excluding carboxylic acids is 1. The van der Waals surface area contributed by atoms with E-state index in [2.05, 4.69) is 17.6 Å². The monoisotopic (exact) mass is 447 g/mol. The van der Waals surface area contributed by atoms with Crippen molar-refractivity contribution in [2.24, 2.45) is 21.8 Å². The SMILES string of the molecule is COc1cc2c(cc1OC(=O)CC(C)(C)SN=O)CC[C@@H]1[C@@H]2CC[C@]2(C)[C@@H](O)CC[C@@H]12. The van der Waals surface area contributed by atoms with Crippen LogP contribution in [0.4, 0.5) is 0 Å². The lowest BCUT2D eigenvalue weighted by Crippen LogP contribution is -2.43. The molecule has 2 saturated carbocycles. The van der Waals surface area contributed by atoms with Crippen molar-refractivity contribution in [2.75, 3.05) is 7.11 Å². The number of esters is 1. The van der Waals surface area contributed by atoms with Crippen LogP contribution in [0.15, 0.2) is 16.7 Å². The first kappa shape index (κ1) is 22.6. The number of hydrogen-bond donors (Lipinski definition) is 1. The molecule has 7 heteroatoms. The first-order chi connectivity index (χ1) is 14.7. The first-order valence-electron chi connectivity index (χ1n) is 11.3. The van der Waals surface area contributed by atoms with Gasteiger partial charge in [-0.15, -0.1) is 4.91 Å². The number of methoxy groups -OCH3 is 1. The molecule has 6 nitrogen and oxygen atoms in total. The van der Waals surface area contributed by atoms with Gasteiger partial charge in [0, 0.05) is 21.3 Å². The van der Waals surface area contributed by atoms with Crippen LogP contribution in [-0.4, -0.2) is 29.0 Å². The minimum absolute atomic E-state index is 0.0550. The molecular formula is C24H33NO5S. The number of nitrogens with zero attached hydrogens (tertiary/aromatic N) is 1. The molecule has 170 valence electrons. The molecule has 1 N–H and O–H groups in total. The molecule has 0 spiro atoms. The topological polar surface area (TPSA) is 85.2 Å². The number of aliphatic hydroxyl groups excluding tert-OH is 1. The Hall–Kier alpha value is -1.60. The molecule has 4 rings (SSSR count). The fourth-order valence-corrected chi connectivity index (χ4v) is 6.81. The van der Waals surface area contributed by atoms with Crippen LogP contribution in [0, 0.1) is 22.2 Å². The maximum absolute atomic E-state index is 12.5. The lowest BCUT2D eigenvalue weighted by atomic mass is 9.55. The van der Waals surface area contributed by atoms with Gasteiger partial charge in [0.05, 0.1) is 19.6 Å². The largest absolute Gasteiger partial charge is 0.493 e. The average molecular weight is 448 g/mol. The predicted molar refractivity (Wildman–Crippen MR) is 121 cm³/mol. The molecule has 3 aliphatic carbocycles. The van der Waals surface area contributed by atoms with Crippen molar-refractivity contribution in [1.29, 1.82) is 0 Å². The minimum Gasteiger partial charge on any atom is -0.493 e. The molecule has 0 saturated heterocycles. The van der Waals surface area contributed by atoms with Gasteiger partial charge in [-0.05, 0) is 98.8 Å². The van der Waals surface area contributed by atoms with Crippen LogP contribution in [0.5, 0.6) is 11.5 Å². The Kier molecular flexibility index (Phi) is 6.12. The third-order valence-corrected chi connectivity index (χ3v) is 8.75. The van der Waals surface area contributed by atoms with Crippen LogP contribution in [0.2, 0.25) is 0 Å². The van der Waals surface area contributed by atoms with Gasteiger partial charge in [-0.2, -0.15) is 0 Å². The maximum Gasteiger partial charge on any atom is 0.312 e. The van der Waals surface area contributed by atoms with Crippen molar-refractivity contribution in [3.05, 3.63) is 28.2 Å². The van der Waals surface area contributed by atoms with Crippen LogP contribution in [0.3, 0.4) is 0 Å². The molecule has 0 unspecified atom stereocenters. The molecule has 0 radical (unpaired) electrons. The summed E-state index contributed by atoms with van der Waals surface area (Å²) in [7, 11) is 1.60. The number of rotatable bonds is 6. The average Bonchev–Trinajstić information content (AvgIpc) is 3.01. The molecule has 0 heterocycles. The molecule has 0 aliphatic heterocycles. The Labute approximate surface area is 188 Å². The van der Waals surface area contributed by atoms with Gasteiger partial charge in [-0.25, -0.2) is 0 Å². The number of hydrogen-bond acceptors (Lipinski definition) is 7. The molecule has 1 aromatic carbocycles. The van der Waals surface area contributed by atoms with Crippen LogP contribution >= 0.6 is 11.9 Å². The predicted octanol–water partition coefficient (Wildman–Crippen LogP) is 5.40. The minimum atomic E-state index is -0.617. The van der Waals surface area contributed by atoms with Crippen LogP contribution in [0.1, 0.15) is 76.3 Å². The van der Waals surface area contributed by atoms with E-state index in [4.69, 9.17) is 9.47 Å². The van der Waals surface area contributed by atoms with Gasteiger partial charge in [-0.1, -0.05) is 6.92 Å². The van der Waals surface area contributed by atoms with Gasteiger partial charge >= 0.3 is 5.97 Å². The fraction of sp³-hybridized carbons (Fsp3) is 0.708. The smallest absolute Gasteiger partial charge is 0.312 e. The quantitative estimate of drug-likeness (QED) is 0.272. The molecule has 0 aromatic heterocycles. The van der Waals surface area contributed by atoms with Gasteiger partial charge in [-0.3, -0.25) is 4.79 Å². The van der Waals surface area contributed by atoms with Crippen LogP contribution < -0.4 is 9.47 Å². The molecule has 0 bridgehead atoms. The lowest BCUT2D eigenvalue weighted by molar-refractivity contribution is -0.134. The second-order valence-corrected chi connectivity index (χ2v) is 11.8.